The molecular formula is C12H16N4O2S. The number of aromatic nitrogens is 2. The van der Waals surface area contributed by atoms with E-state index in [4.69, 9.17) is 5.73 Å². The maximum atomic E-state index is 12.2. The van der Waals surface area contributed by atoms with E-state index in [1.807, 2.05) is 13.0 Å². The average molecular weight is 280 g/mol. The Bertz CT molecular complexity index is 647. The smallest absolute Gasteiger partial charge is 0.262 e. The summed E-state index contributed by atoms with van der Waals surface area (Å²) in [5.74, 6) is -0.236. The largest absolute Gasteiger partial charge is 0.353 e. The Balaban J connectivity index is 2.27. The highest BCUT2D eigenvalue weighted by atomic mass is 32.1. The number of carbonyl (C=O) groups is 1. The fourth-order valence-electron chi connectivity index (χ4n) is 1.72. The summed E-state index contributed by atoms with van der Waals surface area (Å²) in [7, 11) is 0. The third-order valence-corrected chi connectivity index (χ3v) is 3.89. The van der Waals surface area contributed by atoms with Gasteiger partial charge in [-0.2, -0.15) is 0 Å². The molecule has 0 aliphatic carbocycles. The second kappa shape index (κ2) is 5.94. The molecule has 102 valence electrons. The molecule has 0 saturated carbocycles. The lowest BCUT2D eigenvalue weighted by Crippen LogP contribution is -2.34. The SMILES string of the molecule is CCc1cc2c(=O)n(CC(=O)NCCN)cnc2s1. The molecule has 7 heteroatoms. The van der Waals surface area contributed by atoms with Gasteiger partial charge in [0.05, 0.1) is 11.7 Å². The molecule has 0 unspecified atom stereocenters. The molecule has 0 saturated heterocycles. The molecule has 0 atom stereocenters. The van der Waals surface area contributed by atoms with Gasteiger partial charge in [0.1, 0.15) is 11.4 Å². The van der Waals surface area contributed by atoms with Gasteiger partial charge in [0.15, 0.2) is 0 Å². The standard InChI is InChI=1S/C12H16N4O2S/c1-2-8-5-9-11(19-8)15-7-16(12(9)18)6-10(17)14-4-3-13/h5,7H,2-4,6,13H2,1H3,(H,14,17). The van der Waals surface area contributed by atoms with Crippen molar-refractivity contribution < 1.29 is 4.79 Å². The van der Waals surface area contributed by atoms with E-state index in [-0.39, 0.29) is 18.0 Å². The third-order valence-electron chi connectivity index (χ3n) is 2.70. The van der Waals surface area contributed by atoms with Gasteiger partial charge in [-0.15, -0.1) is 11.3 Å². The predicted octanol–water partition coefficient (Wildman–Crippen LogP) is 0.0953. The highest BCUT2D eigenvalue weighted by Crippen LogP contribution is 2.20. The van der Waals surface area contributed by atoms with Crippen LogP contribution < -0.4 is 16.6 Å². The Morgan fingerprint density at radius 2 is 2.37 bits per heavy atom. The molecule has 2 heterocycles. The summed E-state index contributed by atoms with van der Waals surface area (Å²) in [6.07, 6.45) is 2.29. The van der Waals surface area contributed by atoms with Gasteiger partial charge >= 0.3 is 0 Å². The molecule has 2 rings (SSSR count). The van der Waals surface area contributed by atoms with Crippen molar-refractivity contribution in [3.05, 3.63) is 27.6 Å². The predicted molar refractivity (Wildman–Crippen MR) is 75.3 cm³/mol. The molecule has 3 N–H and O–H groups in total. The van der Waals surface area contributed by atoms with Crippen LogP contribution in [0.25, 0.3) is 10.2 Å². The second-order valence-electron chi connectivity index (χ2n) is 4.10. The maximum absolute atomic E-state index is 12.2. The number of hydrogen-bond donors (Lipinski definition) is 2. The second-order valence-corrected chi connectivity index (χ2v) is 5.22. The Hall–Kier alpha value is -1.73. The van der Waals surface area contributed by atoms with Crippen molar-refractivity contribution in [3.63, 3.8) is 0 Å². The van der Waals surface area contributed by atoms with Crippen LogP contribution in [0.2, 0.25) is 0 Å². The molecule has 0 aromatic carbocycles. The van der Waals surface area contributed by atoms with Crippen LogP contribution in [0, 0.1) is 0 Å². The van der Waals surface area contributed by atoms with Crippen LogP contribution in [-0.2, 0) is 17.8 Å². The van der Waals surface area contributed by atoms with E-state index >= 15 is 0 Å². The van der Waals surface area contributed by atoms with Crippen LogP contribution in [0.3, 0.4) is 0 Å². The van der Waals surface area contributed by atoms with Gasteiger partial charge in [-0.1, -0.05) is 6.92 Å². The van der Waals surface area contributed by atoms with Crippen molar-refractivity contribution in [2.45, 2.75) is 19.9 Å². The van der Waals surface area contributed by atoms with Crippen molar-refractivity contribution >= 4 is 27.5 Å². The van der Waals surface area contributed by atoms with Gasteiger partial charge in [-0.3, -0.25) is 14.2 Å². The summed E-state index contributed by atoms with van der Waals surface area (Å²) in [6.45, 7) is 2.78. The monoisotopic (exact) mass is 280 g/mol. The van der Waals surface area contributed by atoms with Crippen molar-refractivity contribution in [1.29, 1.82) is 0 Å². The molecule has 6 nitrogen and oxygen atoms in total. The van der Waals surface area contributed by atoms with Crippen LogP contribution in [0.1, 0.15) is 11.8 Å². The number of nitrogens with zero attached hydrogens (tertiary/aromatic N) is 2. The van der Waals surface area contributed by atoms with Gasteiger partial charge in [0.25, 0.3) is 5.56 Å². The van der Waals surface area contributed by atoms with Crippen LogP contribution in [0.5, 0.6) is 0 Å². The molecule has 2 aromatic rings. The summed E-state index contributed by atoms with van der Waals surface area (Å²) < 4.78 is 1.32. The fourth-order valence-corrected chi connectivity index (χ4v) is 2.64. The van der Waals surface area contributed by atoms with Crippen LogP contribution in [0.15, 0.2) is 17.2 Å². The number of nitrogens with one attached hydrogen (secondary N) is 1. The molecule has 0 aliphatic rings. The van der Waals surface area contributed by atoms with Crippen LogP contribution >= 0.6 is 11.3 Å². The zero-order chi connectivity index (χ0) is 13.8. The van der Waals surface area contributed by atoms with Gasteiger partial charge in [0.2, 0.25) is 5.91 Å². The van der Waals surface area contributed by atoms with E-state index in [2.05, 4.69) is 10.3 Å². The molecule has 0 aliphatic heterocycles. The molecular weight excluding hydrogens is 264 g/mol. The molecule has 1 amide bonds. The molecule has 0 radical (unpaired) electrons. The summed E-state index contributed by atoms with van der Waals surface area (Å²) in [6, 6.07) is 1.85. The molecule has 19 heavy (non-hydrogen) atoms. The van der Waals surface area contributed by atoms with Gasteiger partial charge in [-0.25, -0.2) is 4.98 Å². The Kier molecular flexibility index (Phi) is 4.28. The Morgan fingerprint density at radius 1 is 1.58 bits per heavy atom. The number of nitrogens with two attached hydrogens (primary N) is 1. The molecule has 0 bridgehead atoms. The van der Waals surface area contributed by atoms with Gasteiger partial charge in [-0.05, 0) is 12.5 Å². The minimum Gasteiger partial charge on any atom is -0.353 e. The lowest BCUT2D eigenvalue weighted by molar-refractivity contribution is -0.121. The van der Waals surface area contributed by atoms with E-state index in [1.54, 1.807) is 0 Å². The number of carbonyl (C=O) groups excluding carboxylic acids is 1. The highest BCUT2D eigenvalue weighted by Gasteiger charge is 2.10. The number of aryl methyl sites for hydroxylation is 1. The molecule has 2 aromatic heterocycles. The van der Waals surface area contributed by atoms with Crippen LogP contribution in [0.4, 0.5) is 0 Å². The lowest BCUT2D eigenvalue weighted by Gasteiger charge is -2.05. The lowest BCUT2D eigenvalue weighted by atomic mass is 10.3. The summed E-state index contributed by atoms with van der Waals surface area (Å²) >= 11 is 1.51. The van der Waals surface area contributed by atoms with Gasteiger partial charge in [0, 0.05) is 18.0 Å². The van der Waals surface area contributed by atoms with Crippen molar-refractivity contribution in [1.82, 2.24) is 14.9 Å². The fraction of sp³-hybridized carbons (Fsp3) is 0.417. The minimum absolute atomic E-state index is 0.0287. The summed E-state index contributed by atoms with van der Waals surface area (Å²) in [5, 5.41) is 3.20. The zero-order valence-corrected chi connectivity index (χ0v) is 11.5. The number of thiophene rings is 1. The summed E-state index contributed by atoms with van der Waals surface area (Å²) in [5.41, 5.74) is 5.12. The number of amides is 1. The summed E-state index contributed by atoms with van der Waals surface area (Å²) in [4.78, 5) is 29.8. The normalized spacial score (nSPS) is 10.8. The Labute approximate surface area is 114 Å². The van der Waals surface area contributed by atoms with E-state index < -0.39 is 0 Å². The van der Waals surface area contributed by atoms with Crippen molar-refractivity contribution in [2.24, 2.45) is 5.73 Å². The first-order valence-corrected chi connectivity index (χ1v) is 6.92. The third kappa shape index (κ3) is 2.99. The van der Waals surface area contributed by atoms with E-state index in [1.165, 1.54) is 22.2 Å². The van der Waals surface area contributed by atoms with Crippen LogP contribution in [-0.4, -0.2) is 28.5 Å². The maximum Gasteiger partial charge on any atom is 0.262 e. The van der Waals surface area contributed by atoms with E-state index in [0.29, 0.717) is 18.5 Å². The zero-order valence-electron chi connectivity index (χ0n) is 10.7. The first kappa shape index (κ1) is 13.7. The molecule has 0 spiro atoms. The average Bonchev–Trinajstić information content (AvgIpc) is 2.84. The topological polar surface area (TPSA) is 90.0 Å². The minimum atomic E-state index is -0.236. The highest BCUT2D eigenvalue weighted by molar-refractivity contribution is 7.18. The molecule has 0 fully saturated rings. The number of hydrogen-bond acceptors (Lipinski definition) is 5. The quantitative estimate of drug-likeness (QED) is 0.812. The van der Waals surface area contributed by atoms with Crippen molar-refractivity contribution in [3.8, 4) is 0 Å². The Morgan fingerprint density at radius 3 is 3.05 bits per heavy atom. The van der Waals surface area contributed by atoms with Gasteiger partial charge < -0.3 is 11.1 Å². The van der Waals surface area contributed by atoms with Crippen molar-refractivity contribution in [2.75, 3.05) is 13.1 Å². The number of rotatable bonds is 5. The number of fused-ring (bicyclic) bond motifs is 1. The van der Waals surface area contributed by atoms with E-state index in [0.717, 1.165) is 16.1 Å². The first-order valence-electron chi connectivity index (χ1n) is 6.10. The first-order chi connectivity index (χ1) is 9.15. The van der Waals surface area contributed by atoms with E-state index in [9.17, 15) is 9.59 Å².